The van der Waals surface area contributed by atoms with Crippen LogP contribution in [0.25, 0.3) is 16.6 Å². The highest BCUT2D eigenvalue weighted by molar-refractivity contribution is 7.71. The van der Waals surface area contributed by atoms with Crippen molar-refractivity contribution in [3.05, 3.63) is 57.6 Å². The molecular formula is C16H14N2O3S. The quantitative estimate of drug-likeness (QED) is 0.755. The van der Waals surface area contributed by atoms with Gasteiger partial charge in [-0.3, -0.25) is 9.36 Å². The van der Waals surface area contributed by atoms with Crippen LogP contribution in [-0.4, -0.2) is 23.8 Å². The van der Waals surface area contributed by atoms with Gasteiger partial charge in [0.15, 0.2) is 16.3 Å². The normalized spacial score (nSPS) is 10.6. The van der Waals surface area contributed by atoms with Gasteiger partial charge in [0.2, 0.25) is 0 Å². The molecule has 1 aromatic heterocycles. The van der Waals surface area contributed by atoms with E-state index < -0.39 is 0 Å². The Balaban J connectivity index is 2.31. The van der Waals surface area contributed by atoms with Crippen molar-refractivity contribution in [3.8, 4) is 17.2 Å². The number of H-pyrrole nitrogens is 1. The molecule has 112 valence electrons. The summed E-state index contributed by atoms with van der Waals surface area (Å²) in [5, 5.41) is 0.575. The van der Waals surface area contributed by atoms with Crippen LogP contribution >= 0.6 is 12.2 Å². The number of aromatic nitrogens is 2. The minimum absolute atomic E-state index is 0.174. The molecule has 22 heavy (non-hydrogen) atoms. The molecule has 0 aliphatic rings. The van der Waals surface area contributed by atoms with Crippen LogP contribution < -0.4 is 15.0 Å². The van der Waals surface area contributed by atoms with Crippen molar-refractivity contribution in [2.24, 2.45) is 0 Å². The molecule has 6 heteroatoms. The minimum Gasteiger partial charge on any atom is -0.493 e. The number of methoxy groups -OCH3 is 2. The minimum atomic E-state index is -0.174. The van der Waals surface area contributed by atoms with Crippen molar-refractivity contribution in [3.63, 3.8) is 0 Å². The van der Waals surface area contributed by atoms with E-state index in [1.54, 1.807) is 38.5 Å². The van der Waals surface area contributed by atoms with Crippen LogP contribution in [0.2, 0.25) is 0 Å². The molecule has 0 amide bonds. The molecule has 0 unspecified atom stereocenters. The summed E-state index contributed by atoms with van der Waals surface area (Å²) in [4.78, 5) is 15.8. The molecule has 0 aliphatic heterocycles. The van der Waals surface area contributed by atoms with Crippen molar-refractivity contribution < 1.29 is 9.47 Å². The van der Waals surface area contributed by atoms with Gasteiger partial charge in [-0.15, -0.1) is 0 Å². The number of rotatable bonds is 3. The molecule has 2 aromatic carbocycles. The zero-order chi connectivity index (χ0) is 15.7. The first-order valence-corrected chi connectivity index (χ1v) is 7.03. The van der Waals surface area contributed by atoms with Crippen LogP contribution in [0.1, 0.15) is 0 Å². The second-order valence-corrected chi connectivity index (χ2v) is 5.04. The summed E-state index contributed by atoms with van der Waals surface area (Å²) >= 11 is 5.33. The van der Waals surface area contributed by atoms with Gasteiger partial charge < -0.3 is 14.5 Å². The summed E-state index contributed by atoms with van der Waals surface area (Å²) in [7, 11) is 3.11. The van der Waals surface area contributed by atoms with Gasteiger partial charge in [0.1, 0.15) is 0 Å². The van der Waals surface area contributed by atoms with Crippen LogP contribution in [0.5, 0.6) is 11.5 Å². The second-order valence-electron chi connectivity index (χ2n) is 4.66. The maximum atomic E-state index is 12.7. The van der Waals surface area contributed by atoms with E-state index in [1.165, 1.54) is 4.57 Å². The molecule has 0 aliphatic carbocycles. The van der Waals surface area contributed by atoms with Crippen molar-refractivity contribution in [2.75, 3.05) is 14.2 Å². The van der Waals surface area contributed by atoms with E-state index in [2.05, 4.69) is 4.98 Å². The largest absolute Gasteiger partial charge is 0.493 e. The maximum Gasteiger partial charge on any atom is 0.266 e. The average molecular weight is 314 g/mol. The molecule has 1 N–H and O–H groups in total. The Kier molecular flexibility index (Phi) is 3.68. The Morgan fingerprint density at radius 2 is 1.77 bits per heavy atom. The van der Waals surface area contributed by atoms with Crippen LogP contribution in [-0.2, 0) is 0 Å². The van der Waals surface area contributed by atoms with Gasteiger partial charge in [-0.05, 0) is 36.5 Å². The number of nitrogens with zero attached hydrogens (tertiary/aromatic N) is 1. The highest BCUT2D eigenvalue weighted by Gasteiger charge is 2.10. The molecule has 0 atom stereocenters. The summed E-state index contributed by atoms with van der Waals surface area (Å²) in [6.07, 6.45) is 0. The number of benzene rings is 2. The van der Waals surface area contributed by atoms with E-state index in [0.717, 1.165) is 0 Å². The predicted molar refractivity (Wildman–Crippen MR) is 87.8 cm³/mol. The lowest BCUT2D eigenvalue weighted by Crippen LogP contribution is -2.20. The van der Waals surface area contributed by atoms with E-state index in [-0.39, 0.29) is 5.56 Å². The third-order valence-corrected chi connectivity index (χ3v) is 3.72. The Hall–Kier alpha value is -2.60. The van der Waals surface area contributed by atoms with Gasteiger partial charge in [0.05, 0.1) is 30.8 Å². The monoisotopic (exact) mass is 314 g/mol. The molecule has 0 spiro atoms. The van der Waals surface area contributed by atoms with Crippen LogP contribution in [0.3, 0.4) is 0 Å². The Labute approximate surface area is 131 Å². The van der Waals surface area contributed by atoms with Crippen molar-refractivity contribution in [2.45, 2.75) is 0 Å². The summed E-state index contributed by atoms with van der Waals surface area (Å²) < 4.78 is 12.3. The van der Waals surface area contributed by atoms with Crippen LogP contribution in [0, 0.1) is 4.77 Å². The molecule has 0 fully saturated rings. The van der Waals surface area contributed by atoms with Crippen LogP contribution in [0.4, 0.5) is 0 Å². The standard InChI is InChI=1S/C16H14N2O3S/c1-20-13-8-7-10(9-14(13)21-2)18-15(19)11-5-3-4-6-12(11)17-16(18)22/h3-9H,1-2H3,(H,17,22). The summed E-state index contributed by atoms with van der Waals surface area (Å²) in [5.41, 5.74) is 1.16. The van der Waals surface area contributed by atoms with Gasteiger partial charge in [0.25, 0.3) is 5.56 Å². The molecule has 3 rings (SSSR count). The van der Waals surface area contributed by atoms with Gasteiger partial charge in [-0.1, -0.05) is 12.1 Å². The number of fused-ring (bicyclic) bond motifs is 1. The van der Waals surface area contributed by atoms with Crippen molar-refractivity contribution in [1.29, 1.82) is 0 Å². The molecule has 3 aromatic rings. The molecule has 0 saturated heterocycles. The first kappa shape index (κ1) is 14.3. The van der Waals surface area contributed by atoms with E-state index in [0.29, 0.717) is 32.9 Å². The van der Waals surface area contributed by atoms with Gasteiger partial charge >= 0.3 is 0 Å². The number of aromatic amines is 1. The lowest BCUT2D eigenvalue weighted by atomic mass is 10.2. The average Bonchev–Trinajstić information content (AvgIpc) is 2.54. The lowest BCUT2D eigenvalue weighted by Gasteiger charge is -2.12. The van der Waals surface area contributed by atoms with Gasteiger partial charge in [-0.25, -0.2) is 0 Å². The maximum absolute atomic E-state index is 12.7. The number of hydrogen-bond donors (Lipinski definition) is 1. The topological polar surface area (TPSA) is 56.2 Å². The SMILES string of the molecule is COc1ccc(-n2c(=S)[nH]c3ccccc3c2=O)cc1OC. The van der Waals surface area contributed by atoms with Crippen molar-refractivity contribution >= 4 is 23.1 Å². The van der Waals surface area contributed by atoms with Gasteiger partial charge in [-0.2, -0.15) is 0 Å². The van der Waals surface area contributed by atoms with E-state index in [1.807, 2.05) is 18.2 Å². The van der Waals surface area contributed by atoms with E-state index in [9.17, 15) is 4.79 Å². The second kappa shape index (κ2) is 5.65. The third kappa shape index (κ3) is 2.27. The molecule has 1 heterocycles. The summed E-state index contributed by atoms with van der Waals surface area (Å²) in [5.74, 6) is 1.13. The number of hydrogen-bond acceptors (Lipinski definition) is 4. The van der Waals surface area contributed by atoms with Crippen molar-refractivity contribution in [1.82, 2.24) is 9.55 Å². The molecular weight excluding hydrogens is 300 g/mol. The summed E-state index contributed by atoms with van der Waals surface area (Å²) in [6.45, 7) is 0. The molecule has 0 radical (unpaired) electrons. The highest BCUT2D eigenvalue weighted by atomic mass is 32.1. The Morgan fingerprint density at radius 1 is 1.05 bits per heavy atom. The fraction of sp³-hybridized carbons (Fsp3) is 0.125. The predicted octanol–water partition coefficient (Wildman–Crippen LogP) is 3.07. The molecule has 0 bridgehead atoms. The number of nitrogens with one attached hydrogen (secondary N) is 1. The van der Waals surface area contributed by atoms with E-state index >= 15 is 0 Å². The fourth-order valence-electron chi connectivity index (χ4n) is 2.36. The Morgan fingerprint density at radius 3 is 2.50 bits per heavy atom. The smallest absolute Gasteiger partial charge is 0.266 e. The number of para-hydroxylation sites is 1. The Bertz CT molecular complexity index is 959. The van der Waals surface area contributed by atoms with Crippen LogP contribution in [0.15, 0.2) is 47.3 Å². The lowest BCUT2D eigenvalue weighted by molar-refractivity contribution is 0.355. The highest BCUT2D eigenvalue weighted by Crippen LogP contribution is 2.28. The van der Waals surface area contributed by atoms with E-state index in [4.69, 9.17) is 21.7 Å². The first-order valence-electron chi connectivity index (χ1n) is 6.62. The zero-order valence-electron chi connectivity index (χ0n) is 12.1. The first-order chi connectivity index (χ1) is 10.7. The fourth-order valence-corrected chi connectivity index (χ4v) is 2.66. The molecule has 0 saturated carbocycles. The summed E-state index contributed by atoms with van der Waals surface area (Å²) in [6, 6.07) is 12.5. The third-order valence-electron chi connectivity index (χ3n) is 3.43. The number of ether oxygens (including phenoxy) is 2. The molecule has 5 nitrogen and oxygen atoms in total. The zero-order valence-corrected chi connectivity index (χ0v) is 12.9. The van der Waals surface area contributed by atoms with Gasteiger partial charge in [0, 0.05) is 6.07 Å².